The minimum atomic E-state index is 1.08. The lowest BCUT2D eigenvalue weighted by atomic mass is 10.2. The van der Waals surface area contributed by atoms with Crippen molar-refractivity contribution >= 4 is 5.71 Å². The van der Waals surface area contributed by atoms with E-state index in [-0.39, 0.29) is 0 Å². The van der Waals surface area contributed by atoms with Gasteiger partial charge in [-0.15, -0.1) is 0 Å². The van der Waals surface area contributed by atoms with E-state index in [1.165, 1.54) is 12.1 Å². The molecule has 1 heterocycles. The summed E-state index contributed by atoms with van der Waals surface area (Å²) in [6, 6.07) is 0. The number of nitrogens with zero attached hydrogens (tertiary/aromatic N) is 3. The van der Waals surface area contributed by atoms with Gasteiger partial charge in [-0.2, -0.15) is 5.10 Å². The van der Waals surface area contributed by atoms with Gasteiger partial charge >= 0.3 is 0 Å². The molecule has 1 aliphatic rings. The number of rotatable bonds is 3. The van der Waals surface area contributed by atoms with E-state index in [2.05, 4.69) is 35.9 Å². The molecule has 0 aliphatic carbocycles. The molecule has 0 aromatic heterocycles. The molecule has 0 unspecified atom stereocenters. The number of hydrazone groups is 1. The number of hydrogen-bond donors (Lipinski definition) is 0. The topological polar surface area (TPSA) is 18.8 Å². The summed E-state index contributed by atoms with van der Waals surface area (Å²) in [6.07, 6.45) is 2.33. The molecule has 0 radical (unpaired) electrons. The molecule has 0 saturated carbocycles. The van der Waals surface area contributed by atoms with E-state index in [9.17, 15) is 0 Å². The summed E-state index contributed by atoms with van der Waals surface area (Å²) in [6.45, 7) is 8.77. The van der Waals surface area contributed by atoms with E-state index in [4.69, 9.17) is 0 Å². The van der Waals surface area contributed by atoms with Gasteiger partial charge in [-0.1, -0.05) is 13.3 Å². The Morgan fingerprint density at radius 3 is 2.38 bits per heavy atom. The first-order valence-corrected chi connectivity index (χ1v) is 5.20. The molecule has 1 aliphatic heterocycles. The van der Waals surface area contributed by atoms with Crippen molar-refractivity contribution in [1.82, 2.24) is 9.91 Å². The fraction of sp³-hybridized carbons (Fsp3) is 0.900. The zero-order valence-electron chi connectivity index (χ0n) is 9.08. The van der Waals surface area contributed by atoms with Crippen LogP contribution in [-0.4, -0.2) is 48.8 Å². The molecule has 76 valence electrons. The van der Waals surface area contributed by atoms with Gasteiger partial charge in [0.1, 0.15) is 0 Å². The average Bonchev–Trinajstić information content (AvgIpc) is 2.09. The highest BCUT2D eigenvalue weighted by molar-refractivity contribution is 5.81. The van der Waals surface area contributed by atoms with Crippen LogP contribution in [0.4, 0.5) is 0 Å². The average molecular weight is 183 g/mol. The molecule has 1 saturated heterocycles. The van der Waals surface area contributed by atoms with Crippen molar-refractivity contribution in [3.05, 3.63) is 0 Å². The monoisotopic (exact) mass is 183 g/mol. The van der Waals surface area contributed by atoms with Crippen molar-refractivity contribution in [1.29, 1.82) is 0 Å². The van der Waals surface area contributed by atoms with Crippen LogP contribution < -0.4 is 0 Å². The van der Waals surface area contributed by atoms with Crippen molar-refractivity contribution in [3.8, 4) is 0 Å². The van der Waals surface area contributed by atoms with Crippen LogP contribution in [0.15, 0.2) is 5.10 Å². The Morgan fingerprint density at radius 2 is 1.85 bits per heavy atom. The Balaban J connectivity index is 2.32. The molecule has 0 spiro atoms. The number of hydrogen-bond acceptors (Lipinski definition) is 3. The van der Waals surface area contributed by atoms with Crippen LogP contribution in [0.1, 0.15) is 26.7 Å². The molecule has 1 fully saturated rings. The molecule has 3 nitrogen and oxygen atoms in total. The predicted octanol–water partition coefficient (Wildman–Crippen LogP) is 1.41. The Labute approximate surface area is 81.4 Å². The van der Waals surface area contributed by atoms with Crippen molar-refractivity contribution in [2.75, 3.05) is 33.2 Å². The summed E-state index contributed by atoms with van der Waals surface area (Å²) in [5, 5.41) is 6.78. The molecule has 1 rings (SSSR count). The van der Waals surface area contributed by atoms with Crippen LogP contribution >= 0.6 is 0 Å². The third-order valence-corrected chi connectivity index (χ3v) is 2.40. The summed E-state index contributed by atoms with van der Waals surface area (Å²) >= 11 is 0. The second kappa shape index (κ2) is 5.22. The molecular formula is C10H21N3. The first-order valence-electron chi connectivity index (χ1n) is 5.20. The quantitative estimate of drug-likeness (QED) is 0.616. The van der Waals surface area contributed by atoms with Crippen LogP contribution in [0.3, 0.4) is 0 Å². The third-order valence-electron chi connectivity index (χ3n) is 2.40. The molecule has 3 heteroatoms. The van der Waals surface area contributed by atoms with Gasteiger partial charge in [0.15, 0.2) is 0 Å². The van der Waals surface area contributed by atoms with Crippen LogP contribution in [0, 0.1) is 0 Å². The lowest BCUT2D eigenvalue weighted by molar-refractivity contribution is 0.158. The van der Waals surface area contributed by atoms with Crippen LogP contribution in [0.2, 0.25) is 0 Å². The molecular weight excluding hydrogens is 162 g/mol. The van der Waals surface area contributed by atoms with Gasteiger partial charge in [0.2, 0.25) is 0 Å². The van der Waals surface area contributed by atoms with Gasteiger partial charge < -0.3 is 4.90 Å². The van der Waals surface area contributed by atoms with E-state index in [1.54, 1.807) is 0 Å². The highest BCUT2D eigenvalue weighted by atomic mass is 15.5. The van der Waals surface area contributed by atoms with E-state index in [1.807, 2.05) is 0 Å². The fourth-order valence-electron chi connectivity index (χ4n) is 1.55. The molecule has 0 atom stereocenters. The summed E-state index contributed by atoms with van der Waals surface area (Å²) in [5.74, 6) is 0. The Morgan fingerprint density at radius 1 is 1.23 bits per heavy atom. The van der Waals surface area contributed by atoms with E-state index < -0.39 is 0 Å². The summed E-state index contributed by atoms with van der Waals surface area (Å²) in [5.41, 5.74) is 1.27. The standard InChI is InChI=1S/C10H21N3/c1-4-5-10(2)11-13-8-6-12(3)7-9-13/h4-9H2,1-3H3/b11-10+. The van der Waals surface area contributed by atoms with Crippen LogP contribution in [-0.2, 0) is 0 Å². The first kappa shape index (κ1) is 10.5. The van der Waals surface area contributed by atoms with Crippen LogP contribution in [0.25, 0.3) is 0 Å². The maximum Gasteiger partial charge on any atom is 0.0488 e. The van der Waals surface area contributed by atoms with Gasteiger partial charge in [-0.05, 0) is 20.4 Å². The van der Waals surface area contributed by atoms with Crippen LogP contribution in [0.5, 0.6) is 0 Å². The predicted molar refractivity (Wildman–Crippen MR) is 57.1 cm³/mol. The number of likely N-dealkylation sites (N-methyl/N-ethyl adjacent to an activating group) is 1. The molecule has 0 amide bonds. The van der Waals surface area contributed by atoms with E-state index in [0.717, 1.165) is 32.6 Å². The maximum atomic E-state index is 4.58. The summed E-state index contributed by atoms with van der Waals surface area (Å²) in [4.78, 5) is 2.35. The SMILES string of the molecule is CCC/C(C)=N/N1CCN(C)CC1. The highest BCUT2D eigenvalue weighted by Crippen LogP contribution is 2.01. The van der Waals surface area contributed by atoms with E-state index in [0.29, 0.717) is 0 Å². The highest BCUT2D eigenvalue weighted by Gasteiger charge is 2.11. The molecule has 0 aromatic carbocycles. The lowest BCUT2D eigenvalue weighted by Gasteiger charge is -2.30. The largest absolute Gasteiger partial charge is 0.303 e. The van der Waals surface area contributed by atoms with Crippen molar-refractivity contribution < 1.29 is 0 Å². The van der Waals surface area contributed by atoms with Gasteiger partial charge in [-0.25, -0.2) is 0 Å². The van der Waals surface area contributed by atoms with Gasteiger partial charge in [0.05, 0.1) is 0 Å². The van der Waals surface area contributed by atoms with Gasteiger partial charge in [0.25, 0.3) is 0 Å². The summed E-state index contributed by atoms with van der Waals surface area (Å²) < 4.78 is 0. The zero-order chi connectivity index (χ0) is 9.68. The second-order valence-electron chi connectivity index (χ2n) is 3.84. The zero-order valence-corrected chi connectivity index (χ0v) is 9.08. The van der Waals surface area contributed by atoms with E-state index >= 15 is 0 Å². The fourth-order valence-corrected chi connectivity index (χ4v) is 1.55. The Bertz CT molecular complexity index is 169. The second-order valence-corrected chi connectivity index (χ2v) is 3.84. The lowest BCUT2D eigenvalue weighted by Crippen LogP contribution is -2.42. The van der Waals surface area contributed by atoms with Crippen molar-refractivity contribution in [3.63, 3.8) is 0 Å². The molecule has 0 bridgehead atoms. The minimum Gasteiger partial charge on any atom is -0.303 e. The molecule has 13 heavy (non-hydrogen) atoms. The minimum absolute atomic E-state index is 1.08. The van der Waals surface area contributed by atoms with Crippen molar-refractivity contribution in [2.24, 2.45) is 5.10 Å². The van der Waals surface area contributed by atoms with Gasteiger partial charge in [0, 0.05) is 31.9 Å². The molecule has 0 N–H and O–H groups in total. The summed E-state index contributed by atoms with van der Waals surface area (Å²) in [7, 11) is 2.17. The third kappa shape index (κ3) is 3.77. The normalized spacial score (nSPS) is 20.8. The van der Waals surface area contributed by atoms with Gasteiger partial charge in [-0.3, -0.25) is 5.01 Å². The smallest absolute Gasteiger partial charge is 0.0488 e. The number of piperazine rings is 1. The Hall–Kier alpha value is -0.570. The maximum absolute atomic E-state index is 4.58. The Kier molecular flexibility index (Phi) is 4.22. The molecule has 0 aromatic rings. The first-order chi connectivity index (χ1) is 6.22. The van der Waals surface area contributed by atoms with Crippen molar-refractivity contribution in [2.45, 2.75) is 26.7 Å².